The summed E-state index contributed by atoms with van der Waals surface area (Å²) in [5.41, 5.74) is 22.4. The zero-order valence-electron chi connectivity index (χ0n) is 35.5. The summed E-state index contributed by atoms with van der Waals surface area (Å²) in [6.45, 7) is 4.78. The van der Waals surface area contributed by atoms with Gasteiger partial charge in [0.05, 0.1) is 0 Å². The number of hydrogen-bond acceptors (Lipinski definition) is 1. The first kappa shape index (κ1) is 35.4. The lowest BCUT2D eigenvalue weighted by atomic mass is 9.62. The standard InChI is InChI=1S/C62H45N/c1-61(2)53-24-11-8-19-45(53)47-33-31-41(35-56(47)61)63(40-29-27-39(28-30-40)38-15-4-3-5-16-38)42-32-34-48-46-20-9-12-25-54(46)62(57(48)36-42)55-26-13-10-21-50(55)60-51-23-14-22-49-43-17-6-7-18-44(43)52(59(49)51)37-58(60)62/h3-37,46,48,54,57H,1-2H3. The van der Waals surface area contributed by atoms with Crippen molar-refractivity contribution < 1.29 is 0 Å². The van der Waals surface area contributed by atoms with Crippen molar-refractivity contribution in [1.29, 1.82) is 0 Å². The molecule has 5 unspecified atom stereocenters. The van der Waals surface area contributed by atoms with Crippen LogP contribution in [0.5, 0.6) is 0 Å². The molecule has 1 fully saturated rings. The topological polar surface area (TPSA) is 3.24 Å². The second kappa shape index (κ2) is 12.7. The van der Waals surface area contributed by atoms with E-state index in [-0.39, 0.29) is 16.7 Å². The lowest BCUT2D eigenvalue weighted by molar-refractivity contribution is 0.370. The maximum Gasteiger partial charge on any atom is 0.0464 e. The van der Waals surface area contributed by atoms with Crippen LogP contribution in [0.15, 0.2) is 218 Å². The molecule has 1 spiro atoms. The second-order valence-electron chi connectivity index (χ2n) is 19.1. The summed E-state index contributed by atoms with van der Waals surface area (Å²) in [6, 6.07) is 64.4. The van der Waals surface area contributed by atoms with Crippen LogP contribution in [0.25, 0.3) is 66.4 Å². The van der Waals surface area contributed by atoms with Gasteiger partial charge in [-0.3, -0.25) is 0 Å². The maximum absolute atomic E-state index is 2.70. The summed E-state index contributed by atoms with van der Waals surface area (Å²) in [5.74, 6) is 1.20. The Hall–Kier alpha value is -7.22. The van der Waals surface area contributed by atoms with Crippen LogP contribution >= 0.6 is 0 Å². The molecule has 0 heterocycles. The number of anilines is 2. The highest BCUT2D eigenvalue weighted by Gasteiger charge is 2.63. The number of benzene rings is 8. The molecule has 8 aromatic carbocycles. The van der Waals surface area contributed by atoms with Crippen LogP contribution in [0.2, 0.25) is 0 Å². The average molecular weight is 804 g/mol. The van der Waals surface area contributed by atoms with E-state index in [4.69, 9.17) is 0 Å². The first-order chi connectivity index (χ1) is 31.0. The first-order valence-electron chi connectivity index (χ1n) is 22.8. The van der Waals surface area contributed by atoms with Crippen LogP contribution in [0.1, 0.15) is 36.1 Å². The van der Waals surface area contributed by atoms with Gasteiger partial charge in [-0.05, 0) is 143 Å². The van der Waals surface area contributed by atoms with Crippen molar-refractivity contribution in [2.45, 2.75) is 24.7 Å². The molecule has 1 heteroatoms. The van der Waals surface area contributed by atoms with Crippen LogP contribution in [-0.2, 0) is 10.8 Å². The molecule has 0 N–H and O–H groups in total. The number of fused-ring (bicyclic) bond motifs is 17. The van der Waals surface area contributed by atoms with Gasteiger partial charge < -0.3 is 4.90 Å². The van der Waals surface area contributed by atoms with Gasteiger partial charge in [0.1, 0.15) is 0 Å². The fraction of sp³-hybridized carbons (Fsp3) is 0.129. The normalized spacial score (nSPS) is 22.9. The number of allylic oxidation sites excluding steroid dienone is 7. The van der Waals surface area contributed by atoms with E-state index < -0.39 is 0 Å². The highest BCUT2D eigenvalue weighted by Crippen LogP contribution is 2.70. The van der Waals surface area contributed by atoms with E-state index in [1.807, 2.05) is 0 Å². The lowest BCUT2D eigenvalue weighted by Crippen LogP contribution is -2.38. The summed E-state index contributed by atoms with van der Waals surface area (Å²) < 4.78 is 0. The third kappa shape index (κ3) is 4.57. The first-order valence-corrected chi connectivity index (χ1v) is 22.8. The van der Waals surface area contributed by atoms with Gasteiger partial charge in [-0.2, -0.15) is 0 Å². The highest BCUT2D eigenvalue weighted by atomic mass is 15.1. The molecule has 1 nitrogen and oxygen atoms in total. The fourth-order valence-electron chi connectivity index (χ4n) is 13.4. The Bertz CT molecular complexity index is 3390. The zero-order valence-corrected chi connectivity index (χ0v) is 35.5. The SMILES string of the molecule is CC1(C)c2ccccc2-c2ccc(N(C3=CC4C(C=C3)C3C=CC=CC3C43c4ccccc4-c4c3cc3c5c(cccc45)-c4ccccc4-3)c3ccc(-c4ccccc4)cc3)cc21. The Morgan fingerprint density at radius 1 is 0.429 bits per heavy atom. The van der Waals surface area contributed by atoms with Crippen molar-refractivity contribution in [3.8, 4) is 55.6 Å². The van der Waals surface area contributed by atoms with Crippen molar-refractivity contribution in [1.82, 2.24) is 0 Å². The van der Waals surface area contributed by atoms with E-state index in [1.165, 1.54) is 100 Å². The molecular weight excluding hydrogens is 759 g/mol. The van der Waals surface area contributed by atoms with Crippen molar-refractivity contribution in [3.63, 3.8) is 0 Å². The molecule has 6 aliphatic carbocycles. The quantitative estimate of drug-likeness (QED) is 0.171. The lowest BCUT2D eigenvalue weighted by Gasteiger charge is -2.40. The summed E-state index contributed by atoms with van der Waals surface area (Å²) >= 11 is 0. The minimum atomic E-state index is -0.277. The Balaban J connectivity index is 1.01. The average Bonchev–Trinajstić information content (AvgIpc) is 4.00. The van der Waals surface area contributed by atoms with Crippen molar-refractivity contribution in [2.24, 2.45) is 23.7 Å². The molecule has 0 bridgehead atoms. The molecule has 0 aliphatic heterocycles. The Morgan fingerprint density at radius 3 is 1.89 bits per heavy atom. The van der Waals surface area contributed by atoms with E-state index >= 15 is 0 Å². The summed E-state index contributed by atoms with van der Waals surface area (Å²) in [5, 5.41) is 2.79. The van der Waals surface area contributed by atoms with Crippen LogP contribution in [0.4, 0.5) is 11.4 Å². The van der Waals surface area contributed by atoms with Crippen molar-refractivity contribution >= 4 is 22.1 Å². The molecule has 8 aromatic rings. The third-order valence-corrected chi connectivity index (χ3v) is 16.0. The zero-order chi connectivity index (χ0) is 41.6. The molecule has 6 aliphatic rings. The van der Waals surface area contributed by atoms with Gasteiger partial charge >= 0.3 is 0 Å². The van der Waals surface area contributed by atoms with E-state index in [0.29, 0.717) is 17.8 Å². The molecule has 1 saturated carbocycles. The van der Waals surface area contributed by atoms with Crippen LogP contribution in [0.3, 0.4) is 0 Å². The number of nitrogens with zero attached hydrogens (tertiary/aromatic N) is 1. The molecule has 63 heavy (non-hydrogen) atoms. The summed E-state index contributed by atoms with van der Waals surface area (Å²) in [7, 11) is 0. The minimum absolute atomic E-state index is 0.115. The van der Waals surface area contributed by atoms with Crippen LogP contribution in [-0.4, -0.2) is 0 Å². The Kier molecular flexibility index (Phi) is 7.12. The third-order valence-electron chi connectivity index (χ3n) is 16.0. The van der Waals surface area contributed by atoms with E-state index in [1.54, 1.807) is 0 Å². The van der Waals surface area contributed by atoms with Crippen molar-refractivity contribution in [3.05, 3.63) is 240 Å². The van der Waals surface area contributed by atoms with E-state index in [2.05, 4.69) is 231 Å². The molecule has 5 atom stereocenters. The predicted molar refractivity (Wildman–Crippen MR) is 262 cm³/mol. The predicted octanol–water partition coefficient (Wildman–Crippen LogP) is 15.6. The molecule has 0 aromatic heterocycles. The molecule has 14 rings (SSSR count). The van der Waals surface area contributed by atoms with Crippen LogP contribution in [0, 0.1) is 23.7 Å². The summed E-state index contributed by atoms with van der Waals surface area (Å²) in [6.07, 6.45) is 17.4. The Labute approximate surface area is 369 Å². The molecule has 0 amide bonds. The van der Waals surface area contributed by atoms with E-state index in [9.17, 15) is 0 Å². The van der Waals surface area contributed by atoms with Gasteiger partial charge in [-0.15, -0.1) is 0 Å². The Morgan fingerprint density at radius 2 is 1.06 bits per heavy atom. The van der Waals surface area contributed by atoms with Gasteiger partial charge in [-0.25, -0.2) is 0 Å². The number of hydrogen-bond donors (Lipinski definition) is 0. The second-order valence-corrected chi connectivity index (χ2v) is 19.1. The monoisotopic (exact) mass is 803 g/mol. The molecule has 298 valence electrons. The fourth-order valence-corrected chi connectivity index (χ4v) is 13.4. The van der Waals surface area contributed by atoms with Crippen LogP contribution < -0.4 is 4.90 Å². The van der Waals surface area contributed by atoms with Gasteiger partial charge in [-0.1, -0.05) is 190 Å². The van der Waals surface area contributed by atoms with Gasteiger partial charge in [0.2, 0.25) is 0 Å². The van der Waals surface area contributed by atoms with E-state index in [0.717, 1.165) is 5.69 Å². The summed E-state index contributed by atoms with van der Waals surface area (Å²) in [4.78, 5) is 2.55. The molecular formula is C62H45N. The van der Waals surface area contributed by atoms with Gasteiger partial charge in [0.15, 0.2) is 0 Å². The smallest absolute Gasteiger partial charge is 0.0464 e. The minimum Gasteiger partial charge on any atom is -0.311 e. The maximum atomic E-state index is 2.70. The molecule has 0 saturated heterocycles. The van der Waals surface area contributed by atoms with Gasteiger partial charge in [0, 0.05) is 33.8 Å². The highest BCUT2D eigenvalue weighted by molar-refractivity contribution is 6.20. The van der Waals surface area contributed by atoms with Crippen molar-refractivity contribution in [2.75, 3.05) is 4.90 Å². The molecule has 0 radical (unpaired) electrons. The largest absolute Gasteiger partial charge is 0.311 e. The number of rotatable bonds is 4. The van der Waals surface area contributed by atoms with Gasteiger partial charge in [0.25, 0.3) is 0 Å².